The highest BCUT2D eigenvalue weighted by Crippen LogP contribution is 1.54. The summed E-state index contributed by atoms with van der Waals surface area (Å²) >= 11 is 0. The summed E-state index contributed by atoms with van der Waals surface area (Å²) in [6, 6.07) is 0. The first kappa shape index (κ1) is 17.6. The van der Waals surface area contributed by atoms with Crippen molar-refractivity contribution in [3.05, 3.63) is 12.7 Å². The summed E-state index contributed by atoms with van der Waals surface area (Å²) in [7, 11) is 0. The van der Waals surface area contributed by atoms with Gasteiger partial charge in [0.15, 0.2) is 0 Å². The fraction of sp³-hybridized carbons (Fsp3) is 0.429. The average Bonchev–Trinajstić information content (AvgIpc) is 2.04. The van der Waals surface area contributed by atoms with Gasteiger partial charge in [-0.3, -0.25) is 4.79 Å². The van der Waals surface area contributed by atoms with Gasteiger partial charge < -0.3 is 20.4 Å². The average molecular weight is 194 g/mol. The molecule has 0 bridgehead atoms. The third kappa shape index (κ3) is 306. The molecule has 0 aromatic heterocycles. The molecular formula is C7H14O6. The van der Waals surface area contributed by atoms with Gasteiger partial charge in [-0.15, -0.1) is 0 Å². The Balaban J connectivity index is -0.000000117. The van der Waals surface area contributed by atoms with Gasteiger partial charge >= 0.3 is 5.97 Å². The summed E-state index contributed by atoms with van der Waals surface area (Å²) in [5, 5.41) is 30.3. The zero-order valence-corrected chi connectivity index (χ0v) is 7.30. The van der Waals surface area contributed by atoms with E-state index < -0.39 is 11.9 Å². The molecule has 6 nitrogen and oxygen atoms in total. The van der Waals surface area contributed by atoms with Gasteiger partial charge in [-0.05, 0) is 0 Å². The molecule has 0 saturated heterocycles. The smallest absolute Gasteiger partial charge is 0.327 e. The number of carboxylic acid groups (broad SMARTS) is 2. The molecule has 4 N–H and O–H groups in total. The number of rotatable bonds is 2. The van der Waals surface area contributed by atoms with E-state index in [1.807, 2.05) is 0 Å². The summed E-state index contributed by atoms with van der Waals surface area (Å²) in [6.07, 6.45) is 0.833. The normalized spacial score (nSPS) is 6.69. The van der Waals surface area contributed by atoms with E-state index in [-0.39, 0.29) is 13.2 Å². The third-order valence-electron chi connectivity index (χ3n) is 0.275. The van der Waals surface area contributed by atoms with E-state index in [0.29, 0.717) is 0 Å². The minimum Gasteiger partial charge on any atom is -0.481 e. The van der Waals surface area contributed by atoms with Crippen molar-refractivity contribution in [3.8, 4) is 0 Å². The van der Waals surface area contributed by atoms with Crippen LogP contribution in [0.2, 0.25) is 0 Å². The summed E-state index contributed by atoms with van der Waals surface area (Å²) in [6.45, 7) is 3.79. The van der Waals surface area contributed by atoms with Crippen LogP contribution < -0.4 is 0 Å². The molecule has 13 heavy (non-hydrogen) atoms. The third-order valence-corrected chi connectivity index (χ3v) is 0.275. The number of aliphatic carboxylic acids is 2. The van der Waals surface area contributed by atoms with Crippen molar-refractivity contribution in [2.45, 2.75) is 6.92 Å². The maximum Gasteiger partial charge on any atom is 0.327 e. The fourth-order valence-electron chi connectivity index (χ4n) is 0. The number of aliphatic hydroxyl groups is 2. The SMILES string of the molecule is C=CC(=O)O.CC(=O)O.OCCO. The molecule has 6 heteroatoms. The zero-order valence-electron chi connectivity index (χ0n) is 7.30. The van der Waals surface area contributed by atoms with Crippen LogP contribution in [-0.2, 0) is 9.59 Å². The lowest BCUT2D eigenvalue weighted by molar-refractivity contribution is -0.134. The van der Waals surface area contributed by atoms with E-state index in [9.17, 15) is 4.79 Å². The Morgan fingerprint density at radius 1 is 1.23 bits per heavy atom. The highest BCUT2D eigenvalue weighted by molar-refractivity contribution is 5.78. The molecule has 0 amide bonds. The maximum absolute atomic E-state index is 9.25. The molecule has 0 spiro atoms. The molecule has 0 heterocycles. The lowest BCUT2D eigenvalue weighted by atomic mass is 10.7. The van der Waals surface area contributed by atoms with Gasteiger partial charge in [-0.1, -0.05) is 6.58 Å². The van der Waals surface area contributed by atoms with Crippen LogP contribution in [-0.4, -0.2) is 45.6 Å². The van der Waals surface area contributed by atoms with Crippen molar-refractivity contribution in [1.29, 1.82) is 0 Å². The quantitative estimate of drug-likeness (QED) is 0.433. The monoisotopic (exact) mass is 194 g/mol. The van der Waals surface area contributed by atoms with Gasteiger partial charge in [0.1, 0.15) is 0 Å². The van der Waals surface area contributed by atoms with Gasteiger partial charge in [0, 0.05) is 13.0 Å². The minimum absolute atomic E-state index is 0.125. The van der Waals surface area contributed by atoms with Crippen molar-refractivity contribution in [1.82, 2.24) is 0 Å². The Kier molecular flexibility index (Phi) is 22.9. The maximum atomic E-state index is 9.25. The fourth-order valence-corrected chi connectivity index (χ4v) is 0. The van der Waals surface area contributed by atoms with Crippen LogP contribution in [0.1, 0.15) is 6.92 Å². The van der Waals surface area contributed by atoms with Crippen molar-refractivity contribution in [2.75, 3.05) is 13.2 Å². The lowest BCUT2D eigenvalue weighted by Gasteiger charge is -1.70. The topological polar surface area (TPSA) is 115 Å². The Labute approximate surface area is 75.8 Å². The molecule has 0 unspecified atom stereocenters. The zero-order chi connectivity index (χ0) is 11.3. The van der Waals surface area contributed by atoms with Gasteiger partial charge in [-0.2, -0.15) is 0 Å². The highest BCUT2D eigenvalue weighted by atomic mass is 16.4. The summed E-state index contributed by atoms with van der Waals surface area (Å²) in [4.78, 5) is 18.2. The molecule has 0 saturated carbocycles. The molecule has 0 aliphatic carbocycles. The van der Waals surface area contributed by atoms with E-state index >= 15 is 0 Å². The number of carbonyl (C=O) groups is 2. The summed E-state index contributed by atoms with van der Waals surface area (Å²) < 4.78 is 0. The number of carboxylic acids is 2. The van der Waals surface area contributed by atoms with Crippen LogP contribution in [0.5, 0.6) is 0 Å². The first-order valence-electron chi connectivity index (χ1n) is 3.18. The predicted molar refractivity (Wildman–Crippen MR) is 45.3 cm³/mol. The second-order valence-electron chi connectivity index (χ2n) is 1.51. The summed E-state index contributed by atoms with van der Waals surface area (Å²) in [5.74, 6) is -1.81. The number of hydrogen-bond acceptors (Lipinski definition) is 4. The van der Waals surface area contributed by atoms with Crippen molar-refractivity contribution >= 4 is 11.9 Å². The van der Waals surface area contributed by atoms with Crippen LogP contribution in [0.4, 0.5) is 0 Å². The first-order valence-corrected chi connectivity index (χ1v) is 3.18. The molecule has 0 rings (SSSR count). The molecule has 78 valence electrons. The van der Waals surface area contributed by atoms with Crippen molar-refractivity contribution in [3.63, 3.8) is 0 Å². The van der Waals surface area contributed by atoms with Crippen molar-refractivity contribution < 1.29 is 30.0 Å². The summed E-state index contributed by atoms with van der Waals surface area (Å²) in [5.41, 5.74) is 0. The minimum atomic E-state index is -0.981. The Bertz CT molecular complexity index is 136. The molecule has 0 aliphatic heterocycles. The van der Waals surface area contributed by atoms with Crippen LogP contribution >= 0.6 is 0 Å². The molecule has 0 radical (unpaired) electrons. The van der Waals surface area contributed by atoms with E-state index in [1.165, 1.54) is 0 Å². The molecule has 0 atom stereocenters. The number of aliphatic hydroxyl groups excluding tert-OH is 2. The Hall–Kier alpha value is -1.40. The van der Waals surface area contributed by atoms with Gasteiger partial charge in [0.2, 0.25) is 0 Å². The van der Waals surface area contributed by atoms with Crippen LogP contribution in [0.25, 0.3) is 0 Å². The van der Waals surface area contributed by atoms with Gasteiger partial charge in [0.05, 0.1) is 13.2 Å². The lowest BCUT2D eigenvalue weighted by Crippen LogP contribution is -1.85. The van der Waals surface area contributed by atoms with Crippen LogP contribution in [0.15, 0.2) is 12.7 Å². The Morgan fingerprint density at radius 3 is 1.38 bits per heavy atom. The Morgan fingerprint density at radius 2 is 1.38 bits per heavy atom. The molecule has 0 aromatic rings. The molecule has 0 fully saturated rings. The number of hydrogen-bond donors (Lipinski definition) is 4. The van der Waals surface area contributed by atoms with Crippen LogP contribution in [0.3, 0.4) is 0 Å². The van der Waals surface area contributed by atoms with Gasteiger partial charge in [-0.25, -0.2) is 4.79 Å². The molecule has 0 aliphatic rings. The predicted octanol–water partition coefficient (Wildman–Crippen LogP) is -0.681. The van der Waals surface area contributed by atoms with Crippen LogP contribution in [0, 0.1) is 0 Å². The van der Waals surface area contributed by atoms with E-state index in [0.717, 1.165) is 13.0 Å². The molecule has 0 aromatic carbocycles. The van der Waals surface area contributed by atoms with Gasteiger partial charge in [0.25, 0.3) is 5.97 Å². The van der Waals surface area contributed by atoms with E-state index in [4.69, 9.17) is 25.2 Å². The highest BCUT2D eigenvalue weighted by Gasteiger charge is 1.73. The second-order valence-corrected chi connectivity index (χ2v) is 1.51. The van der Waals surface area contributed by atoms with E-state index in [2.05, 4.69) is 6.58 Å². The van der Waals surface area contributed by atoms with E-state index in [1.54, 1.807) is 0 Å². The standard InChI is InChI=1S/C3H4O2.C2H4O2.C2H6O2/c1-2-3(4)5;1-2(3)4;3-1-2-4/h2H,1H2,(H,4,5);1H3,(H,3,4);3-4H,1-2H2. The second kappa shape index (κ2) is 16.9. The molecular weight excluding hydrogens is 180 g/mol. The van der Waals surface area contributed by atoms with Crippen molar-refractivity contribution in [2.24, 2.45) is 0 Å². The first-order chi connectivity index (χ1) is 5.92. The largest absolute Gasteiger partial charge is 0.481 e.